The molecule has 118 valence electrons. The van der Waals surface area contributed by atoms with Gasteiger partial charge in [0, 0.05) is 24.8 Å². The second kappa shape index (κ2) is 7.57. The van der Waals surface area contributed by atoms with Gasteiger partial charge in [0.1, 0.15) is 0 Å². The predicted molar refractivity (Wildman–Crippen MR) is 80.9 cm³/mol. The molecule has 0 saturated heterocycles. The van der Waals surface area contributed by atoms with Crippen LogP contribution in [0.2, 0.25) is 0 Å². The minimum Gasteiger partial charge on any atom is -0.353 e. The number of nitrogens with zero attached hydrogens (tertiary/aromatic N) is 2. The average Bonchev–Trinajstić information content (AvgIpc) is 2.87. The van der Waals surface area contributed by atoms with Crippen molar-refractivity contribution < 1.29 is 9.32 Å². The topological polar surface area (TPSA) is 68.0 Å². The number of carbonyl (C=O) groups excluding carboxylic acids is 1. The maximum Gasteiger partial charge on any atom is 0.226 e. The first kappa shape index (κ1) is 16.0. The Labute approximate surface area is 126 Å². The van der Waals surface area contributed by atoms with Gasteiger partial charge in [-0.15, -0.1) is 0 Å². The van der Waals surface area contributed by atoms with Crippen LogP contribution >= 0.6 is 0 Å². The highest BCUT2D eigenvalue weighted by Gasteiger charge is 2.20. The molecular weight excluding hydrogens is 266 g/mol. The summed E-state index contributed by atoms with van der Waals surface area (Å²) >= 11 is 0. The van der Waals surface area contributed by atoms with Crippen molar-refractivity contribution in [3.8, 4) is 0 Å². The molecule has 0 bridgehead atoms. The van der Waals surface area contributed by atoms with Gasteiger partial charge in [0.25, 0.3) is 0 Å². The molecule has 1 saturated carbocycles. The fourth-order valence-corrected chi connectivity index (χ4v) is 2.87. The SMILES string of the molecule is CC(C)c1noc(CCCC(=O)N[C@H]2CCC[C@@H](C)C2)n1. The normalized spacial score (nSPS) is 22.5. The van der Waals surface area contributed by atoms with Crippen molar-refractivity contribution in [1.29, 1.82) is 0 Å². The number of amides is 1. The molecule has 1 aromatic rings. The van der Waals surface area contributed by atoms with Crippen LogP contribution in [0.5, 0.6) is 0 Å². The lowest BCUT2D eigenvalue weighted by atomic mass is 9.87. The van der Waals surface area contributed by atoms with Crippen LogP contribution in [0.4, 0.5) is 0 Å². The van der Waals surface area contributed by atoms with Crippen molar-refractivity contribution in [1.82, 2.24) is 15.5 Å². The molecule has 0 unspecified atom stereocenters. The van der Waals surface area contributed by atoms with Gasteiger partial charge in [-0.3, -0.25) is 4.79 Å². The van der Waals surface area contributed by atoms with Gasteiger partial charge in [0.2, 0.25) is 11.8 Å². The smallest absolute Gasteiger partial charge is 0.226 e. The second-order valence-corrected chi connectivity index (χ2v) is 6.59. The van der Waals surface area contributed by atoms with Crippen LogP contribution in [0, 0.1) is 5.92 Å². The molecule has 5 heteroatoms. The van der Waals surface area contributed by atoms with Gasteiger partial charge in [-0.1, -0.05) is 38.8 Å². The minimum atomic E-state index is 0.151. The summed E-state index contributed by atoms with van der Waals surface area (Å²) < 4.78 is 5.18. The van der Waals surface area contributed by atoms with E-state index >= 15 is 0 Å². The quantitative estimate of drug-likeness (QED) is 0.874. The van der Waals surface area contributed by atoms with E-state index in [1.54, 1.807) is 0 Å². The summed E-state index contributed by atoms with van der Waals surface area (Å²) in [5.74, 6) is 2.54. The zero-order valence-corrected chi connectivity index (χ0v) is 13.4. The third kappa shape index (κ3) is 5.14. The van der Waals surface area contributed by atoms with Crippen molar-refractivity contribution in [3.63, 3.8) is 0 Å². The summed E-state index contributed by atoms with van der Waals surface area (Å²) in [6, 6.07) is 0.372. The highest BCUT2D eigenvalue weighted by molar-refractivity contribution is 5.76. The van der Waals surface area contributed by atoms with Crippen molar-refractivity contribution in [2.45, 2.75) is 77.7 Å². The molecule has 2 atom stereocenters. The minimum absolute atomic E-state index is 0.151. The zero-order valence-electron chi connectivity index (χ0n) is 13.4. The van der Waals surface area contributed by atoms with E-state index in [9.17, 15) is 4.79 Å². The Morgan fingerprint density at radius 3 is 2.90 bits per heavy atom. The third-order valence-corrected chi connectivity index (χ3v) is 4.10. The number of hydrogen-bond donors (Lipinski definition) is 1. The Balaban J connectivity index is 1.66. The molecule has 1 N–H and O–H groups in total. The molecule has 5 nitrogen and oxygen atoms in total. The Morgan fingerprint density at radius 1 is 1.43 bits per heavy atom. The van der Waals surface area contributed by atoms with Gasteiger partial charge in [-0.05, 0) is 25.2 Å². The molecule has 1 heterocycles. The van der Waals surface area contributed by atoms with E-state index in [2.05, 4.69) is 22.4 Å². The largest absolute Gasteiger partial charge is 0.353 e. The van der Waals surface area contributed by atoms with Crippen molar-refractivity contribution >= 4 is 5.91 Å². The fourth-order valence-electron chi connectivity index (χ4n) is 2.87. The summed E-state index contributed by atoms with van der Waals surface area (Å²) in [6.07, 6.45) is 6.73. The van der Waals surface area contributed by atoms with Crippen molar-refractivity contribution in [3.05, 3.63) is 11.7 Å². The Bertz CT molecular complexity index is 456. The highest BCUT2D eigenvalue weighted by Crippen LogP contribution is 2.23. The molecule has 1 aliphatic carbocycles. The van der Waals surface area contributed by atoms with E-state index in [0.29, 0.717) is 24.8 Å². The molecule has 0 spiro atoms. The lowest BCUT2D eigenvalue weighted by Gasteiger charge is -2.27. The van der Waals surface area contributed by atoms with Gasteiger partial charge in [0.15, 0.2) is 5.82 Å². The van der Waals surface area contributed by atoms with E-state index in [1.807, 2.05) is 13.8 Å². The monoisotopic (exact) mass is 293 g/mol. The lowest BCUT2D eigenvalue weighted by Crippen LogP contribution is -2.37. The fraction of sp³-hybridized carbons (Fsp3) is 0.812. The van der Waals surface area contributed by atoms with Crippen LogP contribution in [-0.2, 0) is 11.2 Å². The number of aromatic nitrogens is 2. The highest BCUT2D eigenvalue weighted by atomic mass is 16.5. The van der Waals surface area contributed by atoms with E-state index < -0.39 is 0 Å². The molecule has 1 aliphatic rings. The summed E-state index contributed by atoms with van der Waals surface area (Å²) in [6.45, 7) is 6.33. The molecule has 0 aromatic carbocycles. The van der Waals surface area contributed by atoms with Crippen LogP contribution < -0.4 is 5.32 Å². The Kier molecular flexibility index (Phi) is 5.76. The van der Waals surface area contributed by atoms with Crippen LogP contribution in [0.3, 0.4) is 0 Å². The summed E-state index contributed by atoms with van der Waals surface area (Å²) in [7, 11) is 0. The first-order valence-electron chi connectivity index (χ1n) is 8.16. The van der Waals surface area contributed by atoms with Gasteiger partial charge in [-0.25, -0.2) is 0 Å². The second-order valence-electron chi connectivity index (χ2n) is 6.59. The van der Waals surface area contributed by atoms with Crippen molar-refractivity contribution in [2.24, 2.45) is 5.92 Å². The molecule has 21 heavy (non-hydrogen) atoms. The first-order valence-corrected chi connectivity index (χ1v) is 8.16. The van der Waals surface area contributed by atoms with E-state index in [4.69, 9.17) is 4.52 Å². The summed E-state index contributed by atoms with van der Waals surface area (Å²) in [5.41, 5.74) is 0. The number of aryl methyl sites for hydroxylation is 1. The summed E-state index contributed by atoms with van der Waals surface area (Å²) in [4.78, 5) is 16.3. The number of rotatable bonds is 6. The molecular formula is C16H27N3O2. The molecule has 1 amide bonds. The zero-order chi connectivity index (χ0) is 15.2. The van der Waals surface area contributed by atoms with Crippen LogP contribution in [0.15, 0.2) is 4.52 Å². The van der Waals surface area contributed by atoms with Crippen LogP contribution in [0.25, 0.3) is 0 Å². The molecule has 0 aliphatic heterocycles. The van der Waals surface area contributed by atoms with E-state index in [-0.39, 0.29) is 11.8 Å². The predicted octanol–water partition coefficient (Wildman–Crippen LogP) is 3.21. The Hall–Kier alpha value is -1.39. The molecule has 2 rings (SSSR count). The Morgan fingerprint density at radius 2 is 2.24 bits per heavy atom. The van der Waals surface area contributed by atoms with Crippen LogP contribution in [-0.4, -0.2) is 22.1 Å². The maximum atomic E-state index is 11.9. The van der Waals surface area contributed by atoms with Gasteiger partial charge < -0.3 is 9.84 Å². The number of hydrogen-bond acceptors (Lipinski definition) is 4. The molecule has 1 fully saturated rings. The third-order valence-electron chi connectivity index (χ3n) is 4.10. The van der Waals surface area contributed by atoms with E-state index in [0.717, 1.165) is 31.0 Å². The number of carbonyl (C=O) groups is 1. The van der Waals surface area contributed by atoms with Crippen LogP contribution in [0.1, 0.15) is 76.9 Å². The molecule has 0 radical (unpaired) electrons. The number of nitrogens with one attached hydrogen (secondary N) is 1. The maximum absolute atomic E-state index is 11.9. The van der Waals surface area contributed by atoms with Crippen molar-refractivity contribution in [2.75, 3.05) is 0 Å². The van der Waals surface area contributed by atoms with Gasteiger partial charge >= 0.3 is 0 Å². The van der Waals surface area contributed by atoms with E-state index in [1.165, 1.54) is 12.8 Å². The van der Waals surface area contributed by atoms with Gasteiger partial charge in [-0.2, -0.15) is 4.98 Å². The molecule has 1 aromatic heterocycles. The lowest BCUT2D eigenvalue weighted by molar-refractivity contribution is -0.122. The average molecular weight is 293 g/mol. The summed E-state index contributed by atoms with van der Waals surface area (Å²) in [5, 5.41) is 7.08. The standard InChI is InChI=1S/C16H27N3O2/c1-11(2)16-18-15(21-19-16)9-5-8-14(20)17-13-7-4-6-12(3)10-13/h11-13H,4-10H2,1-3H3,(H,17,20)/t12-,13+/m1/s1. The van der Waals surface area contributed by atoms with Gasteiger partial charge in [0.05, 0.1) is 0 Å². The first-order chi connectivity index (χ1) is 10.0.